The fourth-order valence-electron chi connectivity index (χ4n) is 1.59. The van der Waals surface area contributed by atoms with Crippen LogP contribution >= 0.6 is 0 Å². The maximum absolute atomic E-state index is 11.7. The van der Waals surface area contributed by atoms with Crippen LogP contribution in [0.4, 0.5) is 0 Å². The molecule has 0 fully saturated rings. The molecule has 0 aromatic carbocycles. The van der Waals surface area contributed by atoms with Gasteiger partial charge in [-0.05, 0) is 32.9 Å². The zero-order chi connectivity index (χ0) is 14.3. The van der Waals surface area contributed by atoms with Gasteiger partial charge in [0.1, 0.15) is 6.54 Å². The molecular weight excluding hydrogens is 240 g/mol. The summed E-state index contributed by atoms with van der Waals surface area (Å²) in [7, 11) is 0. The second-order valence-corrected chi connectivity index (χ2v) is 5.49. The van der Waals surface area contributed by atoms with E-state index in [1.165, 1.54) is 0 Å². The highest BCUT2D eigenvalue weighted by atomic mass is 16.1. The highest BCUT2D eigenvalue weighted by molar-refractivity contribution is 5.75. The second kappa shape index (κ2) is 6.95. The summed E-state index contributed by atoms with van der Waals surface area (Å²) in [5.74, 6) is -0.0662. The number of nitriles is 1. The van der Waals surface area contributed by atoms with Crippen molar-refractivity contribution < 1.29 is 4.79 Å². The topological polar surface area (TPSA) is 69.8 Å². The predicted molar refractivity (Wildman–Crippen MR) is 74.3 cm³/mol. The molecule has 0 radical (unpaired) electrons. The van der Waals surface area contributed by atoms with Crippen molar-refractivity contribution in [2.75, 3.05) is 6.54 Å². The highest BCUT2D eigenvalue weighted by Crippen LogP contribution is 2.06. The Morgan fingerprint density at radius 1 is 1.47 bits per heavy atom. The Balaban J connectivity index is 2.49. The normalized spacial score (nSPS) is 11.1. The van der Waals surface area contributed by atoms with Gasteiger partial charge in [-0.2, -0.15) is 5.26 Å². The van der Waals surface area contributed by atoms with E-state index in [-0.39, 0.29) is 11.4 Å². The Labute approximate surface area is 114 Å². The molecule has 0 unspecified atom stereocenters. The Kier molecular flexibility index (Phi) is 5.58. The molecule has 0 spiro atoms. The average Bonchev–Trinajstić information content (AvgIpc) is 2.73. The first-order valence-electron chi connectivity index (χ1n) is 6.45. The molecule has 1 aromatic heterocycles. The first kappa shape index (κ1) is 15.3. The van der Waals surface area contributed by atoms with Gasteiger partial charge >= 0.3 is 0 Å². The van der Waals surface area contributed by atoms with E-state index in [9.17, 15) is 4.79 Å². The minimum absolute atomic E-state index is 0.0458. The Morgan fingerprint density at radius 3 is 2.84 bits per heavy atom. The summed E-state index contributed by atoms with van der Waals surface area (Å²) in [6, 6.07) is 5.93. The molecule has 0 saturated carbocycles. The van der Waals surface area contributed by atoms with Gasteiger partial charge in [-0.1, -0.05) is 0 Å². The van der Waals surface area contributed by atoms with Crippen molar-refractivity contribution in [2.45, 2.75) is 45.8 Å². The van der Waals surface area contributed by atoms with Crippen LogP contribution in [0.25, 0.3) is 0 Å². The molecule has 5 heteroatoms. The lowest BCUT2D eigenvalue weighted by molar-refractivity contribution is -0.121. The number of nitrogens with one attached hydrogen (secondary N) is 2. The summed E-state index contributed by atoms with van der Waals surface area (Å²) in [6.45, 7) is 7.74. The van der Waals surface area contributed by atoms with Crippen LogP contribution in [-0.4, -0.2) is 22.6 Å². The average molecular weight is 262 g/mol. The fourth-order valence-corrected chi connectivity index (χ4v) is 1.59. The van der Waals surface area contributed by atoms with Crippen molar-refractivity contribution in [3.05, 3.63) is 24.0 Å². The van der Waals surface area contributed by atoms with Crippen molar-refractivity contribution >= 4 is 5.91 Å². The van der Waals surface area contributed by atoms with E-state index in [2.05, 4.69) is 31.4 Å². The van der Waals surface area contributed by atoms with Crippen molar-refractivity contribution in [1.29, 1.82) is 5.26 Å². The number of rotatable bonds is 6. The van der Waals surface area contributed by atoms with E-state index in [0.717, 1.165) is 12.2 Å². The molecule has 19 heavy (non-hydrogen) atoms. The van der Waals surface area contributed by atoms with Crippen LogP contribution in [-0.2, 0) is 17.9 Å². The molecule has 0 aliphatic rings. The van der Waals surface area contributed by atoms with Crippen LogP contribution in [0.1, 0.15) is 32.9 Å². The minimum atomic E-state index is -0.0662. The molecule has 5 nitrogen and oxygen atoms in total. The zero-order valence-corrected chi connectivity index (χ0v) is 11.9. The number of amides is 1. The van der Waals surface area contributed by atoms with E-state index < -0.39 is 0 Å². The smallest absolute Gasteiger partial charge is 0.239 e. The van der Waals surface area contributed by atoms with Crippen molar-refractivity contribution in [2.24, 2.45) is 0 Å². The SMILES string of the molecule is CC(C)(C)NCc1cccn1CC(=O)NCCC#N. The molecule has 0 aliphatic heterocycles. The van der Waals surface area contributed by atoms with E-state index in [4.69, 9.17) is 5.26 Å². The minimum Gasteiger partial charge on any atom is -0.354 e. The Hall–Kier alpha value is -1.80. The molecule has 1 heterocycles. The lowest BCUT2D eigenvalue weighted by Gasteiger charge is -2.21. The molecule has 1 aromatic rings. The molecule has 1 rings (SSSR count). The van der Waals surface area contributed by atoms with Gasteiger partial charge in [0.25, 0.3) is 0 Å². The molecule has 0 saturated heterocycles. The molecule has 0 atom stereocenters. The van der Waals surface area contributed by atoms with Crippen molar-refractivity contribution in [3.8, 4) is 6.07 Å². The van der Waals surface area contributed by atoms with Crippen LogP contribution in [0.15, 0.2) is 18.3 Å². The Morgan fingerprint density at radius 2 is 2.21 bits per heavy atom. The standard InChI is InChI=1S/C14H22N4O/c1-14(2,3)17-10-12-6-4-9-18(12)11-13(19)16-8-5-7-15/h4,6,9,17H,5,8,10-11H2,1-3H3,(H,16,19). The molecule has 2 N–H and O–H groups in total. The summed E-state index contributed by atoms with van der Waals surface area (Å²) in [5, 5.41) is 14.5. The quantitative estimate of drug-likeness (QED) is 0.761. The summed E-state index contributed by atoms with van der Waals surface area (Å²) in [4.78, 5) is 11.7. The van der Waals surface area contributed by atoms with Crippen LogP contribution in [0, 0.1) is 11.3 Å². The predicted octanol–water partition coefficient (Wildman–Crippen LogP) is 1.41. The Bertz CT molecular complexity index is 451. The number of nitrogens with zero attached hydrogens (tertiary/aromatic N) is 2. The van der Waals surface area contributed by atoms with Gasteiger partial charge in [0, 0.05) is 30.5 Å². The summed E-state index contributed by atoms with van der Waals surface area (Å²) < 4.78 is 1.92. The van der Waals surface area contributed by atoms with Gasteiger partial charge in [0.05, 0.1) is 12.5 Å². The van der Waals surface area contributed by atoms with Gasteiger partial charge in [-0.25, -0.2) is 0 Å². The third-order valence-electron chi connectivity index (χ3n) is 2.60. The van der Waals surface area contributed by atoms with E-state index in [0.29, 0.717) is 19.5 Å². The van der Waals surface area contributed by atoms with Gasteiger partial charge in [0.2, 0.25) is 5.91 Å². The third-order valence-corrected chi connectivity index (χ3v) is 2.60. The van der Waals surface area contributed by atoms with Crippen molar-refractivity contribution in [3.63, 3.8) is 0 Å². The second-order valence-electron chi connectivity index (χ2n) is 5.49. The van der Waals surface area contributed by atoms with E-state index in [1.807, 2.05) is 29.0 Å². The maximum atomic E-state index is 11.7. The van der Waals surface area contributed by atoms with Gasteiger partial charge in [0.15, 0.2) is 0 Å². The number of aromatic nitrogens is 1. The summed E-state index contributed by atoms with van der Waals surface area (Å²) in [5.41, 5.74) is 1.12. The number of carbonyl (C=O) groups is 1. The van der Waals surface area contributed by atoms with E-state index in [1.54, 1.807) is 0 Å². The van der Waals surface area contributed by atoms with Gasteiger partial charge in [-0.3, -0.25) is 4.79 Å². The lowest BCUT2D eigenvalue weighted by Crippen LogP contribution is -2.36. The van der Waals surface area contributed by atoms with Crippen LogP contribution in [0.3, 0.4) is 0 Å². The molecule has 0 bridgehead atoms. The monoisotopic (exact) mass is 262 g/mol. The maximum Gasteiger partial charge on any atom is 0.239 e. The first-order valence-corrected chi connectivity index (χ1v) is 6.45. The van der Waals surface area contributed by atoms with E-state index >= 15 is 0 Å². The zero-order valence-electron chi connectivity index (χ0n) is 11.9. The molecule has 0 aliphatic carbocycles. The molecule has 104 valence electrons. The largest absolute Gasteiger partial charge is 0.354 e. The highest BCUT2D eigenvalue weighted by Gasteiger charge is 2.11. The molecular formula is C14H22N4O. The van der Waals surface area contributed by atoms with Crippen LogP contribution in [0.5, 0.6) is 0 Å². The number of hydrogen-bond donors (Lipinski definition) is 2. The number of carbonyl (C=O) groups excluding carboxylic acids is 1. The fraction of sp³-hybridized carbons (Fsp3) is 0.571. The first-order chi connectivity index (χ1) is 8.92. The van der Waals surface area contributed by atoms with Crippen molar-refractivity contribution in [1.82, 2.24) is 15.2 Å². The van der Waals surface area contributed by atoms with Crippen LogP contribution in [0.2, 0.25) is 0 Å². The van der Waals surface area contributed by atoms with Gasteiger partial charge in [-0.15, -0.1) is 0 Å². The lowest BCUT2D eigenvalue weighted by atomic mass is 10.1. The summed E-state index contributed by atoms with van der Waals surface area (Å²) in [6.07, 6.45) is 2.24. The summed E-state index contributed by atoms with van der Waals surface area (Å²) >= 11 is 0. The van der Waals surface area contributed by atoms with Gasteiger partial charge < -0.3 is 15.2 Å². The third kappa shape index (κ3) is 6.07. The number of hydrogen-bond acceptors (Lipinski definition) is 3. The molecule has 1 amide bonds. The van der Waals surface area contributed by atoms with Crippen LogP contribution < -0.4 is 10.6 Å².